The summed E-state index contributed by atoms with van der Waals surface area (Å²) in [5.41, 5.74) is 6.92. The molecule has 1 atom stereocenters. The molecule has 4 aromatic carbocycles. The van der Waals surface area contributed by atoms with Gasteiger partial charge in [0, 0.05) is 35.2 Å². The summed E-state index contributed by atoms with van der Waals surface area (Å²) in [5, 5.41) is 14.1. The van der Waals surface area contributed by atoms with Gasteiger partial charge in [-0.3, -0.25) is 9.78 Å². The van der Waals surface area contributed by atoms with Crippen molar-refractivity contribution in [3.63, 3.8) is 0 Å². The van der Waals surface area contributed by atoms with Crippen LogP contribution < -0.4 is 10.6 Å². The predicted octanol–water partition coefficient (Wildman–Crippen LogP) is 7.86. The van der Waals surface area contributed by atoms with Crippen LogP contribution in [0.5, 0.6) is 0 Å². The van der Waals surface area contributed by atoms with Crippen molar-refractivity contribution < 1.29 is 19.3 Å². The van der Waals surface area contributed by atoms with E-state index in [0.29, 0.717) is 12.1 Å². The summed E-state index contributed by atoms with van der Waals surface area (Å²) in [4.78, 5) is 30.1. The molecule has 8 heteroatoms. The molecule has 2 N–H and O–H groups in total. The second-order valence-electron chi connectivity index (χ2n) is 11.8. The van der Waals surface area contributed by atoms with E-state index in [9.17, 15) is 19.3 Å². The van der Waals surface area contributed by atoms with E-state index in [0.717, 1.165) is 49.7 Å². The van der Waals surface area contributed by atoms with Gasteiger partial charge in [0.05, 0.1) is 28.4 Å². The van der Waals surface area contributed by atoms with E-state index < -0.39 is 13.1 Å². The lowest BCUT2D eigenvalue weighted by Gasteiger charge is -2.17. The number of rotatable bonds is 9. The normalized spacial score (nSPS) is 12.2. The fourth-order valence-corrected chi connectivity index (χ4v) is 6.50. The Bertz CT molecular complexity index is 2100. The van der Waals surface area contributed by atoms with Crippen molar-refractivity contribution in [3.05, 3.63) is 144 Å². The van der Waals surface area contributed by atoms with E-state index in [4.69, 9.17) is 0 Å². The zero-order valence-electron chi connectivity index (χ0n) is 25.8. The third-order valence-corrected chi connectivity index (χ3v) is 9.68. The molecule has 6 rings (SSSR count). The summed E-state index contributed by atoms with van der Waals surface area (Å²) in [6.45, 7) is 5.89. The average molecular weight is 628 g/mol. The third kappa shape index (κ3) is 6.56. The van der Waals surface area contributed by atoms with E-state index in [-0.39, 0.29) is 17.5 Å². The number of pyridine rings is 1. The monoisotopic (exact) mass is 627 g/mol. The molecular formula is C38H34N3O4P. The van der Waals surface area contributed by atoms with Gasteiger partial charge in [-0.25, -0.2) is 4.79 Å². The number of carboxylic acids is 1. The van der Waals surface area contributed by atoms with E-state index >= 15 is 0 Å². The lowest BCUT2D eigenvalue weighted by Crippen LogP contribution is -2.27. The Labute approximate surface area is 267 Å². The summed E-state index contributed by atoms with van der Waals surface area (Å²) < 4.78 is 14.9. The lowest BCUT2D eigenvalue weighted by atomic mass is 9.99. The molecule has 0 aliphatic rings. The predicted molar refractivity (Wildman–Crippen MR) is 185 cm³/mol. The van der Waals surface area contributed by atoms with Crippen molar-refractivity contribution in [3.8, 4) is 22.4 Å². The van der Waals surface area contributed by atoms with Crippen molar-refractivity contribution in [2.75, 3.05) is 13.3 Å². The highest BCUT2D eigenvalue weighted by Crippen LogP contribution is 2.37. The molecule has 2 heterocycles. The maximum Gasteiger partial charge on any atom is 0.335 e. The number of carboxylic acid groups (broad SMARTS) is 1. The molecule has 7 nitrogen and oxygen atoms in total. The van der Waals surface area contributed by atoms with Gasteiger partial charge in [0.15, 0.2) is 0 Å². The number of amides is 1. The van der Waals surface area contributed by atoms with Gasteiger partial charge in [0.25, 0.3) is 5.91 Å². The van der Waals surface area contributed by atoms with Crippen molar-refractivity contribution >= 4 is 35.2 Å². The SMILES string of the molecule is C[C@H](NC(=O)c1cc(-c2cccc(P(C)(C)=O)c2)cc2ccn(Cc3ccc(-c4ccccc4)nc3)c12)c1ccc(C(=O)O)cc1. The molecule has 46 heavy (non-hydrogen) atoms. The Morgan fingerprint density at radius 2 is 1.59 bits per heavy atom. The highest BCUT2D eigenvalue weighted by atomic mass is 31.2. The lowest BCUT2D eigenvalue weighted by molar-refractivity contribution is 0.0696. The first kappa shape index (κ1) is 30.8. The molecule has 2 aromatic heterocycles. The molecule has 0 spiro atoms. The quantitative estimate of drug-likeness (QED) is 0.159. The Morgan fingerprint density at radius 3 is 2.26 bits per heavy atom. The molecule has 6 aromatic rings. The summed E-state index contributed by atoms with van der Waals surface area (Å²) in [6.07, 6.45) is 3.84. The van der Waals surface area contributed by atoms with Gasteiger partial charge in [-0.15, -0.1) is 0 Å². The number of hydrogen-bond donors (Lipinski definition) is 2. The Kier molecular flexibility index (Phi) is 8.44. The third-order valence-electron chi connectivity index (χ3n) is 8.16. The second kappa shape index (κ2) is 12.6. The molecule has 0 saturated carbocycles. The molecule has 1 amide bonds. The molecule has 0 radical (unpaired) electrons. The molecule has 0 aliphatic heterocycles. The van der Waals surface area contributed by atoms with Crippen molar-refractivity contribution in [1.82, 2.24) is 14.9 Å². The molecule has 0 saturated heterocycles. The standard InChI is InChI=1S/C38H34N3O4P/c1-25(27-13-15-29(16-14-27)38(43)44)40-37(42)34-22-32(30-10-7-11-33(21-30)46(2,3)45)20-31-18-19-41(36(31)34)24-26-12-17-35(39-23-26)28-8-5-4-6-9-28/h4-23,25H,24H2,1-3H3,(H,40,42)(H,43,44)/t25-/m0/s1. The number of aromatic nitrogens is 2. The highest BCUT2D eigenvalue weighted by Gasteiger charge is 2.20. The topological polar surface area (TPSA) is 101 Å². The van der Waals surface area contributed by atoms with Crippen LogP contribution in [0.2, 0.25) is 0 Å². The van der Waals surface area contributed by atoms with Crippen LogP contribution in [0.3, 0.4) is 0 Å². The first-order valence-electron chi connectivity index (χ1n) is 15.0. The largest absolute Gasteiger partial charge is 0.478 e. The first-order valence-corrected chi connectivity index (χ1v) is 17.6. The zero-order valence-corrected chi connectivity index (χ0v) is 26.7. The number of benzene rings is 4. The van der Waals surface area contributed by atoms with E-state index in [1.807, 2.05) is 92.1 Å². The first-order chi connectivity index (χ1) is 22.1. The van der Waals surface area contributed by atoms with Crippen molar-refractivity contribution in [2.45, 2.75) is 19.5 Å². The molecule has 0 unspecified atom stereocenters. The number of hydrogen-bond acceptors (Lipinski definition) is 4. The number of carbonyl (C=O) groups is 2. The molecule has 0 bridgehead atoms. The minimum atomic E-state index is -2.49. The van der Waals surface area contributed by atoms with Crippen LogP contribution in [-0.4, -0.2) is 39.9 Å². The van der Waals surface area contributed by atoms with E-state index in [2.05, 4.69) is 27.0 Å². The smallest absolute Gasteiger partial charge is 0.335 e. The van der Waals surface area contributed by atoms with Gasteiger partial charge in [-0.05, 0) is 85.0 Å². The van der Waals surface area contributed by atoms with Gasteiger partial charge in [-0.2, -0.15) is 0 Å². The number of carbonyl (C=O) groups excluding carboxylic acids is 1. The fraction of sp³-hybridized carbons (Fsp3) is 0.132. The van der Waals surface area contributed by atoms with Crippen LogP contribution in [0.25, 0.3) is 33.3 Å². The van der Waals surface area contributed by atoms with Gasteiger partial charge >= 0.3 is 5.97 Å². The van der Waals surface area contributed by atoms with E-state index in [1.165, 1.54) is 12.1 Å². The summed E-state index contributed by atoms with van der Waals surface area (Å²) in [7, 11) is -2.49. The fourth-order valence-electron chi connectivity index (χ4n) is 5.61. The number of fused-ring (bicyclic) bond motifs is 1. The molecule has 230 valence electrons. The zero-order chi connectivity index (χ0) is 32.4. The number of nitrogens with one attached hydrogen (secondary N) is 1. The van der Waals surface area contributed by atoms with Crippen molar-refractivity contribution in [1.29, 1.82) is 0 Å². The van der Waals surface area contributed by atoms with Crippen LogP contribution in [0.1, 0.15) is 44.8 Å². The van der Waals surface area contributed by atoms with Crippen molar-refractivity contribution in [2.24, 2.45) is 0 Å². The summed E-state index contributed by atoms with van der Waals surface area (Å²) in [5.74, 6) is -1.26. The van der Waals surface area contributed by atoms with Gasteiger partial charge in [0.1, 0.15) is 7.14 Å². The molecule has 0 aliphatic carbocycles. The van der Waals surface area contributed by atoms with Crippen LogP contribution in [0.4, 0.5) is 0 Å². The minimum Gasteiger partial charge on any atom is -0.478 e. The van der Waals surface area contributed by atoms with Crippen LogP contribution >= 0.6 is 7.14 Å². The van der Waals surface area contributed by atoms with Crippen LogP contribution in [-0.2, 0) is 11.1 Å². The maximum atomic E-state index is 14.1. The number of aromatic carboxylic acids is 1. The highest BCUT2D eigenvalue weighted by molar-refractivity contribution is 7.70. The van der Waals surface area contributed by atoms with E-state index in [1.54, 1.807) is 25.5 Å². The van der Waals surface area contributed by atoms with Crippen LogP contribution in [0, 0.1) is 0 Å². The van der Waals surface area contributed by atoms with Crippen LogP contribution in [0.15, 0.2) is 122 Å². The Balaban J connectivity index is 1.38. The molecule has 0 fully saturated rings. The summed E-state index contributed by atoms with van der Waals surface area (Å²) in [6, 6.07) is 33.8. The second-order valence-corrected chi connectivity index (χ2v) is 15.1. The average Bonchev–Trinajstić information content (AvgIpc) is 3.47. The Morgan fingerprint density at radius 1 is 0.848 bits per heavy atom. The van der Waals surface area contributed by atoms with Gasteiger partial charge in [-0.1, -0.05) is 66.7 Å². The summed E-state index contributed by atoms with van der Waals surface area (Å²) >= 11 is 0. The Hall–Kier alpha value is -5.26. The minimum absolute atomic E-state index is 0.187. The molecular weight excluding hydrogens is 593 g/mol. The number of nitrogens with zero attached hydrogens (tertiary/aromatic N) is 2. The maximum absolute atomic E-state index is 14.1. The van der Waals surface area contributed by atoms with Gasteiger partial charge < -0.3 is 19.6 Å². The van der Waals surface area contributed by atoms with Gasteiger partial charge in [0.2, 0.25) is 0 Å².